The van der Waals surface area contributed by atoms with Crippen LogP contribution in [0.25, 0.3) is 0 Å². The maximum absolute atomic E-state index is 13.1. The van der Waals surface area contributed by atoms with Gasteiger partial charge >= 0.3 is 0 Å². The number of carbonyl (C=O) groups excluding carboxylic acids is 1. The van der Waals surface area contributed by atoms with Gasteiger partial charge in [0, 0.05) is 6.42 Å². The summed E-state index contributed by atoms with van der Waals surface area (Å²) in [5, 5.41) is 0.0637. The highest BCUT2D eigenvalue weighted by molar-refractivity contribution is 6.30. The summed E-state index contributed by atoms with van der Waals surface area (Å²) in [6.07, 6.45) is 0.104. The Kier molecular flexibility index (Phi) is 2.82. The van der Waals surface area contributed by atoms with Gasteiger partial charge in [-0.2, -0.15) is 0 Å². The predicted octanol–water partition coefficient (Wildman–Crippen LogP) is 2.61. The smallest absolute Gasteiger partial charge is 0.145 e. The van der Waals surface area contributed by atoms with Crippen molar-refractivity contribution in [2.45, 2.75) is 13.3 Å². The van der Waals surface area contributed by atoms with Gasteiger partial charge in [0.15, 0.2) is 0 Å². The summed E-state index contributed by atoms with van der Waals surface area (Å²) in [6.45, 7) is 1.42. The van der Waals surface area contributed by atoms with Crippen LogP contribution >= 0.6 is 11.6 Å². The van der Waals surface area contributed by atoms with E-state index in [0.717, 1.165) is 0 Å². The van der Waals surface area contributed by atoms with Crippen molar-refractivity contribution in [1.29, 1.82) is 0 Å². The molecule has 0 saturated carbocycles. The Morgan fingerprint density at radius 3 is 2.83 bits per heavy atom. The highest BCUT2D eigenvalue weighted by atomic mass is 35.5. The van der Waals surface area contributed by atoms with Gasteiger partial charge < -0.3 is 0 Å². The predicted molar refractivity (Wildman–Crippen MR) is 45.8 cm³/mol. The quantitative estimate of drug-likeness (QED) is 0.694. The second kappa shape index (κ2) is 3.68. The van der Waals surface area contributed by atoms with E-state index in [0.29, 0.717) is 5.56 Å². The van der Waals surface area contributed by atoms with Gasteiger partial charge in [-0.3, -0.25) is 4.79 Å². The maximum atomic E-state index is 13.1. The Bertz CT molecular complexity index is 309. The van der Waals surface area contributed by atoms with Gasteiger partial charge in [-0.1, -0.05) is 23.7 Å². The standard InChI is InChI=1S/C9H8ClFO/c1-6(12)5-7-3-2-4-8(10)9(7)11/h2-4H,5H2,1H3. The normalized spacial score (nSPS) is 9.92. The fourth-order valence-electron chi connectivity index (χ4n) is 0.953. The van der Waals surface area contributed by atoms with E-state index in [9.17, 15) is 9.18 Å². The summed E-state index contributed by atoms with van der Waals surface area (Å²) in [7, 11) is 0. The molecule has 0 aliphatic carbocycles. The van der Waals surface area contributed by atoms with Gasteiger partial charge in [0.2, 0.25) is 0 Å². The highest BCUT2D eigenvalue weighted by Crippen LogP contribution is 2.18. The van der Waals surface area contributed by atoms with Crippen LogP contribution in [0, 0.1) is 5.82 Å². The second-order valence-electron chi connectivity index (χ2n) is 2.59. The van der Waals surface area contributed by atoms with Crippen molar-refractivity contribution in [3.63, 3.8) is 0 Å². The van der Waals surface area contributed by atoms with Crippen molar-refractivity contribution >= 4 is 17.4 Å². The van der Waals surface area contributed by atoms with Gasteiger partial charge in [-0.25, -0.2) is 4.39 Å². The molecule has 0 unspecified atom stereocenters. The summed E-state index contributed by atoms with van der Waals surface area (Å²) in [5.41, 5.74) is 0.356. The molecule has 0 N–H and O–H groups in total. The summed E-state index contributed by atoms with van der Waals surface area (Å²) < 4.78 is 13.1. The molecular weight excluding hydrogens is 179 g/mol. The van der Waals surface area contributed by atoms with Crippen molar-refractivity contribution < 1.29 is 9.18 Å². The van der Waals surface area contributed by atoms with Gasteiger partial charge in [0.1, 0.15) is 11.6 Å². The molecule has 1 rings (SSSR count). The lowest BCUT2D eigenvalue weighted by Crippen LogP contribution is -1.99. The second-order valence-corrected chi connectivity index (χ2v) is 3.00. The monoisotopic (exact) mass is 186 g/mol. The van der Waals surface area contributed by atoms with Crippen LogP contribution in [0.5, 0.6) is 0 Å². The van der Waals surface area contributed by atoms with Crippen LogP contribution in [-0.4, -0.2) is 5.78 Å². The van der Waals surface area contributed by atoms with E-state index >= 15 is 0 Å². The van der Waals surface area contributed by atoms with Crippen LogP contribution in [0.4, 0.5) is 4.39 Å². The number of hydrogen-bond donors (Lipinski definition) is 0. The van der Waals surface area contributed by atoms with E-state index in [4.69, 9.17) is 11.6 Å². The summed E-state index contributed by atoms with van der Waals surface area (Å²) in [4.78, 5) is 10.7. The molecule has 1 aromatic carbocycles. The molecule has 0 spiro atoms. The topological polar surface area (TPSA) is 17.1 Å². The van der Waals surface area contributed by atoms with Crippen LogP contribution in [0.2, 0.25) is 5.02 Å². The SMILES string of the molecule is CC(=O)Cc1cccc(Cl)c1F. The fourth-order valence-corrected chi connectivity index (χ4v) is 1.15. The van der Waals surface area contributed by atoms with Crippen molar-refractivity contribution in [1.82, 2.24) is 0 Å². The number of hydrogen-bond acceptors (Lipinski definition) is 1. The Morgan fingerprint density at radius 2 is 2.25 bits per heavy atom. The van der Waals surface area contributed by atoms with E-state index in [1.165, 1.54) is 13.0 Å². The molecule has 0 aromatic heterocycles. The average molecular weight is 187 g/mol. The molecule has 0 atom stereocenters. The molecular formula is C9H8ClFO. The summed E-state index contributed by atoms with van der Waals surface area (Å²) in [5.74, 6) is -0.564. The minimum Gasteiger partial charge on any atom is -0.300 e. The van der Waals surface area contributed by atoms with Crippen molar-refractivity contribution in [3.05, 3.63) is 34.6 Å². The number of carbonyl (C=O) groups is 1. The molecule has 0 aliphatic heterocycles. The molecule has 1 nitrogen and oxygen atoms in total. The molecule has 0 aliphatic rings. The van der Waals surface area contributed by atoms with E-state index in [1.807, 2.05) is 0 Å². The van der Waals surface area contributed by atoms with Crippen LogP contribution in [-0.2, 0) is 11.2 Å². The molecule has 0 heterocycles. The van der Waals surface area contributed by atoms with Crippen molar-refractivity contribution in [2.24, 2.45) is 0 Å². The van der Waals surface area contributed by atoms with Crippen LogP contribution in [0.1, 0.15) is 12.5 Å². The Hall–Kier alpha value is -0.890. The molecule has 64 valence electrons. The minimum absolute atomic E-state index is 0.0637. The number of halogens is 2. The Balaban J connectivity index is 3.00. The Labute approximate surface area is 75.2 Å². The molecule has 0 radical (unpaired) electrons. The summed E-state index contributed by atoms with van der Waals surface area (Å²) in [6, 6.07) is 4.65. The lowest BCUT2D eigenvalue weighted by molar-refractivity contribution is -0.116. The van der Waals surface area contributed by atoms with Crippen LogP contribution in [0.3, 0.4) is 0 Å². The van der Waals surface area contributed by atoms with E-state index in [2.05, 4.69) is 0 Å². The van der Waals surface area contributed by atoms with Gasteiger partial charge in [-0.05, 0) is 18.6 Å². The number of benzene rings is 1. The molecule has 0 saturated heterocycles. The first-order chi connectivity index (χ1) is 5.61. The average Bonchev–Trinajstić information content (AvgIpc) is 1.98. The Morgan fingerprint density at radius 1 is 1.58 bits per heavy atom. The first kappa shape index (κ1) is 9.20. The lowest BCUT2D eigenvalue weighted by Gasteiger charge is -2.00. The third kappa shape index (κ3) is 2.05. The molecule has 1 aromatic rings. The van der Waals surface area contributed by atoms with Crippen LogP contribution < -0.4 is 0 Å². The van der Waals surface area contributed by atoms with Gasteiger partial charge in [-0.15, -0.1) is 0 Å². The highest BCUT2D eigenvalue weighted by Gasteiger charge is 2.07. The van der Waals surface area contributed by atoms with Crippen molar-refractivity contribution in [3.8, 4) is 0 Å². The maximum Gasteiger partial charge on any atom is 0.145 e. The van der Waals surface area contributed by atoms with Gasteiger partial charge in [0.25, 0.3) is 0 Å². The third-order valence-corrected chi connectivity index (χ3v) is 1.76. The largest absolute Gasteiger partial charge is 0.300 e. The summed E-state index contributed by atoms with van der Waals surface area (Å²) >= 11 is 5.51. The zero-order valence-corrected chi connectivity index (χ0v) is 7.36. The third-order valence-electron chi connectivity index (χ3n) is 1.47. The van der Waals surface area contributed by atoms with Crippen LogP contribution in [0.15, 0.2) is 18.2 Å². The number of ketones is 1. The molecule has 0 bridgehead atoms. The lowest BCUT2D eigenvalue weighted by atomic mass is 10.1. The zero-order chi connectivity index (χ0) is 9.14. The molecule has 3 heteroatoms. The van der Waals surface area contributed by atoms with Crippen molar-refractivity contribution in [2.75, 3.05) is 0 Å². The first-order valence-corrected chi connectivity index (χ1v) is 3.91. The zero-order valence-electron chi connectivity index (χ0n) is 6.60. The molecule has 0 amide bonds. The van der Waals surface area contributed by atoms with E-state index < -0.39 is 5.82 Å². The molecule has 0 fully saturated rings. The van der Waals surface area contributed by atoms with E-state index in [1.54, 1.807) is 12.1 Å². The first-order valence-electron chi connectivity index (χ1n) is 3.53. The van der Waals surface area contributed by atoms with E-state index in [-0.39, 0.29) is 17.2 Å². The fraction of sp³-hybridized carbons (Fsp3) is 0.222. The minimum atomic E-state index is -0.491. The molecule has 12 heavy (non-hydrogen) atoms. The number of Topliss-reactive ketones (excluding diaryl/α,β-unsaturated/α-hetero) is 1. The number of rotatable bonds is 2. The van der Waals surface area contributed by atoms with Gasteiger partial charge in [0.05, 0.1) is 5.02 Å².